The lowest BCUT2D eigenvalue weighted by Crippen LogP contribution is -2.36. The summed E-state index contributed by atoms with van der Waals surface area (Å²) < 4.78 is 2.24. The van der Waals surface area contributed by atoms with Crippen molar-refractivity contribution in [3.05, 3.63) is 18.0 Å². The summed E-state index contributed by atoms with van der Waals surface area (Å²) in [6.07, 6.45) is 13.9. The quantitative estimate of drug-likeness (QED) is 0.765. The van der Waals surface area contributed by atoms with E-state index in [1.807, 2.05) is 0 Å². The van der Waals surface area contributed by atoms with E-state index in [1.54, 1.807) is 0 Å². The first-order chi connectivity index (χ1) is 10.2. The predicted octanol–water partition coefficient (Wildman–Crippen LogP) is 4.49. The zero-order valence-corrected chi connectivity index (χ0v) is 14.1. The summed E-state index contributed by atoms with van der Waals surface area (Å²) in [5.41, 5.74) is 1.26. The van der Waals surface area contributed by atoms with E-state index < -0.39 is 0 Å². The van der Waals surface area contributed by atoms with E-state index in [1.165, 1.54) is 57.1 Å². The summed E-state index contributed by atoms with van der Waals surface area (Å²) in [6, 6.07) is 4.00. The topological polar surface area (TPSA) is 29.9 Å². The van der Waals surface area contributed by atoms with Crippen LogP contribution in [0.1, 0.15) is 83.9 Å². The van der Waals surface area contributed by atoms with Crippen LogP contribution in [0.15, 0.2) is 12.3 Å². The molecule has 1 aromatic heterocycles. The van der Waals surface area contributed by atoms with Crippen LogP contribution in [-0.2, 0) is 6.42 Å². The molecule has 1 fully saturated rings. The summed E-state index contributed by atoms with van der Waals surface area (Å²) in [7, 11) is 0. The normalized spacial score (nSPS) is 18.3. The van der Waals surface area contributed by atoms with Crippen molar-refractivity contribution in [3.63, 3.8) is 0 Å². The maximum Gasteiger partial charge on any atom is 0.0640 e. The van der Waals surface area contributed by atoms with E-state index in [-0.39, 0.29) is 0 Å². The maximum atomic E-state index is 4.87. The van der Waals surface area contributed by atoms with Gasteiger partial charge < -0.3 is 5.32 Å². The molecule has 3 nitrogen and oxygen atoms in total. The Balaban J connectivity index is 1.91. The van der Waals surface area contributed by atoms with Crippen LogP contribution in [0.3, 0.4) is 0 Å². The molecular formula is C18H33N3. The average molecular weight is 291 g/mol. The first-order valence-corrected chi connectivity index (χ1v) is 8.99. The van der Waals surface area contributed by atoms with E-state index in [9.17, 15) is 0 Å². The Bertz CT molecular complexity index is 391. The largest absolute Gasteiger partial charge is 0.311 e. The third kappa shape index (κ3) is 5.46. The van der Waals surface area contributed by atoms with Crippen LogP contribution in [0.4, 0.5) is 0 Å². The molecule has 1 aliphatic carbocycles. The van der Waals surface area contributed by atoms with Gasteiger partial charge in [-0.15, -0.1) is 0 Å². The molecule has 120 valence electrons. The van der Waals surface area contributed by atoms with Gasteiger partial charge in [-0.1, -0.05) is 52.9 Å². The molecule has 1 heterocycles. The second-order valence-corrected chi connectivity index (χ2v) is 6.94. The van der Waals surface area contributed by atoms with Crippen molar-refractivity contribution in [1.82, 2.24) is 15.1 Å². The van der Waals surface area contributed by atoms with Gasteiger partial charge in [-0.25, -0.2) is 0 Å². The van der Waals surface area contributed by atoms with Gasteiger partial charge in [-0.2, -0.15) is 5.10 Å². The van der Waals surface area contributed by atoms with Crippen molar-refractivity contribution in [2.75, 3.05) is 0 Å². The second kappa shape index (κ2) is 8.57. The van der Waals surface area contributed by atoms with Gasteiger partial charge >= 0.3 is 0 Å². The molecule has 0 aliphatic heterocycles. The lowest BCUT2D eigenvalue weighted by atomic mass is 9.96. The highest BCUT2D eigenvalue weighted by atomic mass is 15.3. The molecule has 0 bridgehead atoms. The van der Waals surface area contributed by atoms with E-state index in [2.05, 4.69) is 43.0 Å². The highest BCUT2D eigenvalue weighted by molar-refractivity contribution is 5.02. The molecule has 0 radical (unpaired) electrons. The number of hydrogen-bond acceptors (Lipinski definition) is 2. The monoisotopic (exact) mass is 291 g/mol. The minimum absolute atomic E-state index is 0.548. The molecule has 1 N–H and O–H groups in total. The van der Waals surface area contributed by atoms with Gasteiger partial charge in [0.2, 0.25) is 0 Å². The molecule has 1 saturated carbocycles. The smallest absolute Gasteiger partial charge is 0.0640 e. The number of nitrogens with zero attached hydrogens (tertiary/aromatic N) is 2. The number of rotatable bonds is 8. The van der Waals surface area contributed by atoms with Gasteiger partial charge in [0, 0.05) is 24.7 Å². The minimum atomic E-state index is 0.548. The van der Waals surface area contributed by atoms with Crippen molar-refractivity contribution in [2.24, 2.45) is 0 Å². The Labute approximate surface area is 130 Å². The molecule has 0 amide bonds. The Hall–Kier alpha value is -0.830. The van der Waals surface area contributed by atoms with Crippen molar-refractivity contribution < 1.29 is 0 Å². The van der Waals surface area contributed by atoms with Gasteiger partial charge in [0.05, 0.1) is 11.7 Å². The molecule has 1 aromatic rings. The van der Waals surface area contributed by atoms with E-state index >= 15 is 0 Å². The Morgan fingerprint density at radius 1 is 1.29 bits per heavy atom. The minimum Gasteiger partial charge on any atom is -0.311 e. The summed E-state index contributed by atoms with van der Waals surface area (Å²) in [5.74, 6) is 0. The molecule has 1 aliphatic rings. The number of hydrogen-bond donors (Lipinski definition) is 1. The van der Waals surface area contributed by atoms with E-state index in [0.717, 1.165) is 6.42 Å². The van der Waals surface area contributed by atoms with Crippen LogP contribution < -0.4 is 5.32 Å². The molecular weight excluding hydrogens is 258 g/mol. The lowest BCUT2D eigenvalue weighted by molar-refractivity contribution is 0.326. The van der Waals surface area contributed by atoms with Crippen molar-refractivity contribution in [2.45, 2.75) is 96.7 Å². The SMILES string of the molecule is CCCCC(Cc1ccn(C2CCCCC2)n1)NC(C)C. The summed E-state index contributed by atoms with van der Waals surface area (Å²) in [4.78, 5) is 0. The van der Waals surface area contributed by atoms with Crippen LogP contribution in [0.25, 0.3) is 0 Å². The molecule has 1 unspecified atom stereocenters. The second-order valence-electron chi connectivity index (χ2n) is 6.94. The zero-order chi connectivity index (χ0) is 15.1. The lowest BCUT2D eigenvalue weighted by Gasteiger charge is -2.22. The van der Waals surface area contributed by atoms with Gasteiger partial charge in [0.1, 0.15) is 0 Å². The summed E-state index contributed by atoms with van der Waals surface area (Å²) >= 11 is 0. The standard InChI is InChI=1S/C18H33N3/c1-4-5-9-16(19-15(2)3)14-17-12-13-21(20-17)18-10-7-6-8-11-18/h12-13,15-16,18-19H,4-11,14H2,1-3H3. The first kappa shape index (κ1) is 16.5. The Morgan fingerprint density at radius 3 is 2.71 bits per heavy atom. The molecule has 3 heteroatoms. The van der Waals surface area contributed by atoms with Gasteiger partial charge in [-0.3, -0.25) is 4.68 Å². The van der Waals surface area contributed by atoms with Crippen LogP contribution in [0, 0.1) is 0 Å². The fourth-order valence-electron chi connectivity index (χ4n) is 3.45. The maximum absolute atomic E-state index is 4.87. The Morgan fingerprint density at radius 2 is 2.05 bits per heavy atom. The number of nitrogens with one attached hydrogen (secondary N) is 1. The van der Waals surface area contributed by atoms with Crippen molar-refractivity contribution in [3.8, 4) is 0 Å². The third-order valence-electron chi connectivity index (χ3n) is 4.54. The van der Waals surface area contributed by atoms with Crippen LogP contribution in [-0.4, -0.2) is 21.9 Å². The zero-order valence-electron chi connectivity index (χ0n) is 14.1. The van der Waals surface area contributed by atoms with E-state index in [0.29, 0.717) is 18.1 Å². The summed E-state index contributed by atoms with van der Waals surface area (Å²) in [6.45, 7) is 6.74. The molecule has 1 atom stereocenters. The first-order valence-electron chi connectivity index (χ1n) is 8.99. The summed E-state index contributed by atoms with van der Waals surface area (Å²) in [5, 5.41) is 8.57. The van der Waals surface area contributed by atoms with Gasteiger partial charge in [-0.05, 0) is 25.3 Å². The fourth-order valence-corrected chi connectivity index (χ4v) is 3.45. The third-order valence-corrected chi connectivity index (χ3v) is 4.54. The van der Waals surface area contributed by atoms with Crippen LogP contribution >= 0.6 is 0 Å². The fraction of sp³-hybridized carbons (Fsp3) is 0.833. The number of unbranched alkanes of at least 4 members (excludes halogenated alkanes) is 1. The van der Waals surface area contributed by atoms with Gasteiger partial charge in [0.25, 0.3) is 0 Å². The molecule has 0 spiro atoms. The van der Waals surface area contributed by atoms with Crippen molar-refractivity contribution in [1.29, 1.82) is 0 Å². The van der Waals surface area contributed by atoms with E-state index in [4.69, 9.17) is 5.10 Å². The molecule has 2 rings (SSSR count). The number of aromatic nitrogens is 2. The predicted molar refractivity (Wildman–Crippen MR) is 89.6 cm³/mol. The molecule has 0 saturated heterocycles. The van der Waals surface area contributed by atoms with Crippen LogP contribution in [0.2, 0.25) is 0 Å². The average Bonchev–Trinajstić information content (AvgIpc) is 2.93. The Kier molecular flexibility index (Phi) is 6.75. The molecule has 0 aromatic carbocycles. The molecule has 21 heavy (non-hydrogen) atoms. The van der Waals surface area contributed by atoms with Crippen LogP contribution in [0.5, 0.6) is 0 Å². The highest BCUT2D eigenvalue weighted by Gasteiger charge is 2.17. The van der Waals surface area contributed by atoms with Crippen molar-refractivity contribution >= 4 is 0 Å². The van der Waals surface area contributed by atoms with Gasteiger partial charge in [0.15, 0.2) is 0 Å². The highest BCUT2D eigenvalue weighted by Crippen LogP contribution is 2.27.